The first kappa shape index (κ1) is 27.1. The van der Waals surface area contributed by atoms with E-state index in [1.165, 1.54) is 64.2 Å². The van der Waals surface area contributed by atoms with Crippen molar-refractivity contribution in [1.29, 1.82) is 0 Å². The van der Waals surface area contributed by atoms with Gasteiger partial charge in [0.05, 0.1) is 12.1 Å². The van der Waals surface area contributed by atoms with Crippen molar-refractivity contribution >= 4 is 5.97 Å². The van der Waals surface area contributed by atoms with Crippen LogP contribution in [0.3, 0.4) is 0 Å². The lowest BCUT2D eigenvalue weighted by Gasteiger charge is -2.15. The van der Waals surface area contributed by atoms with Gasteiger partial charge in [-0.15, -0.1) is 0 Å². The third-order valence-corrected chi connectivity index (χ3v) is 5.17. The summed E-state index contributed by atoms with van der Waals surface area (Å²) in [7, 11) is 0. The molecular weight excluding hydrogens is 350 g/mol. The molecule has 4 heteroatoms. The maximum absolute atomic E-state index is 11.6. The highest BCUT2D eigenvalue weighted by atomic mass is 16.5. The van der Waals surface area contributed by atoms with Crippen LogP contribution in [0, 0.1) is 0 Å². The molecule has 0 aliphatic heterocycles. The molecule has 0 heterocycles. The lowest BCUT2D eigenvalue weighted by molar-refractivity contribution is -0.144. The van der Waals surface area contributed by atoms with E-state index in [1.807, 2.05) is 6.08 Å². The Morgan fingerprint density at radius 1 is 0.857 bits per heavy atom. The van der Waals surface area contributed by atoms with Crippen LogP contribution in [0.15, 0.2) is 12.2 Å². The summed E-state index contributed by atoms with van der Waals surface area (Å²) < 4.78 is 5.13. The quantitative estimate of drug-likeness (QED) is 0.149. The van der Waals surface area contributed by atoms with Crippen molar-refractivity contribution in [2.45, 2.75) is 129 Å². The molecule has 0 fully saturated rings. The molecule has 0 amide bonds. The molecule has 4 nitrogen and oxygen atoms in total. The van der Waals surface area contributed by atoms with Gasteiger partial charge >= 0.3 is 5.97 Å². The summed E-state index contributed by atoms with van der Waals surface area (Å²) in [6.45, 7) is 4.44. The predicted octanol–water partition coefficient (Wildman–Crippen LogP) is 6.06. The van der Waals surface area contributed by atoms with E-state index in [-0.39, 0.29) is 12.6 Å². The normalized spacial score (nSPS) is 13.7. The molecular formula is C24H47NO3. The highest BCUT2D eigenvalue weighted by Gasteiger charge is 2.14. The molecule has 0 rings (SSSR count). The van der Waals surface area contributed by atoms with Crippen molar-refractivity contribution < 1.29 is 14.6 Å². The maximum Gasteiger partial charge on any atom is 0.305 e. The minimum absolute atomic E-state index is 0.0783. The van der Waals surface area contributed by atoms with Crippen molar-refractivity contribution in [2.24, 2.45) is 5.73 Å². The van der Waals surface area contributed by atoms with Crippen molar-refractivity contribution in [2.75, 3.05) is 6.61 Å². The molecule has 0 saturated carbocycles. The smallest absolute Gasteiger partial charge is 0.305 e. The summed E-state index contributed by atoms with van der Waals surface area (Å²) in [5.41, 5.74) is 5.89. The van der Waals surface area contributed by atoms with Gasteiger partial charge in [-0.25, -0.2) is 0 Å². The van der Waals surface area contributed by atoms with Gasteiger partial charge in [-0.3, -0.25) is 4.79 Å². The van der Waals surface area contributed by atoms with Crippen molar-refractivity contribution in [3.63, 3.8) is 0 Å². The Labute approximate surface area is 174 Å². The molecule has 0 bridgehead atoms. The molecule has 3 N–H and O–H groups in total. The van der Waals surface area contributed by atoms with Gasteiger partial charge in [-0.05, 0) is 19.3 Å². The molecule has 0 aliphatic carbocycles. The van der Waals surface area contributed by atoms with Crippen LogP contribution < -0.4 is 5.73 Å². The minimum atomic E-state index is -0.754. The molecule has 2 unspecified atom stereocenters. The van der Waals surface area contributed by atoms with Gasteiger partial charge in [0.1, 0.15) is 6.61 Å². The molecule has 0 saturated heterocycles. The number of carbonyl (C=O) groups excluding carboxylic acids is 1. The van der Waals surface area contributed by atoms with Crippen LogP contribution in [0.5, 0.6) is 0 Å². The van der Waals surface area contributed by atoms with Crippen molar-refractivity contribution in [1.82, 2.24) is 0 Å². The average molecular weight is 398 g/mol. The summed E-state index contributed by atoms with van der Waals surface area (Å²) in [5.74, 6) is -0.221. The Kier molecular flexibility index (Phi) is 20.2. The maximum atomic E-state index is 11.6. The first-order valence-electron chi connectivity index (χ1n) is 11.9. The Hall–Kier alpha value is -0.870. The Bertz CT molecular complexity index is 371. The lowest BCUT2D eigenvalue weighted by Crippen LogP contribution is -2.38. The zero-order valence-electron chi connectivity index (χ0n) is 18.7. The monoisotopic (exact) mass is 397 g/mol. The zero-order valence-corrected chi connectivity index (χ0v) is 18.7. The van der Waals surface area contributed by atoms with E-state index in [0.29, 0.717) is 6.42 Å². The number of nitrogens with two attached hydrogens (primary N) is 1. The highest BCUT2D eigenvalue weighted by Crippen LogP contribution is 2.12. The standard InChI is InChI=1S/C24H47NO3/c1-3-5-7-8-9-10-11-12-13-14-15-16-18-19-23(26)22(25)21-28-24(27)20-17-6-4-2/h18-19,22-23,26H,3-17,20-21,25H2,1-2H3. The second-order valence-electron chi connectivity index (χ2n) is 8.05. The summed E-state index contributed by atoms with van der Waals surface area (Å²) in [6.07, 6.45) is 22.1. The van der Waals surface area contributed by atoms with E-state index < -0.39 is 12.1 Å². The molecule has 0 aromatic carbocycles. The molecule has 0 spiro atoms. The van der Waals surface area contributed by atoms with Crippen LogP contribution in [-0.4, -0.2) is 29.8 Å². The van der Waals surface area contributed by atoms with E-state index in [2.05, 4.69) is 13.8 Å². The number of esters is 1. The zero-order chi connectivity index (χ0) is 20.9. The van der Waals surface area contributed by atoms with Gasteiger partial charge in [-0.2, -0.15) is 0 Å². The molecule has 166 valence electrons. The Morgan fingerprint density at radius 2 is 1.36 bits per heavy atom. The van der Waals surface area contributed by atoms with Crippen molar-refractivity contribution in [3.8, 4) is 0 Å². The van der Waals surface area contributed by atoms with Gasteiger partial charge in [0.15, 0.2) is 0 Å². The molecule has 0 aromatic rings. The van der Waals surface area contributed by atoms with Gasteiger partial charge in [0, 0.05) is 6.42 Å². The van der Waals surface area contributed by atoms with Crippen LogP contribution in [-0.2, 0) is 9.53 Å². The number of allylic oxidation sites excluding steroid dienone is 1. The number of hydrogen-bond donors (Lipinski definition) is 2. The molecule has 2 atom stereocenters. The number of aliphatic hydroxyl groups excluding tert-OH is 1. The first-order valence-corrected chi connectivity index (χ1v) is 11.9. The SMILES string of the molecule is CCCCCCCCCCCCCC=CC(O)C(N)COC(=O)CCCCC. The largest absolute Gasteiger partial charge is 0.464 e. The third-order valence-electron chi connectivity index (χ3n) is 5.17. The Morgan fingerprint density at radius 3 is 1.93 bits per heavy atom. The summed E-state index contributed by atoms with van der Waals surface area (Å²) in [6, 6.07) is -0.552. The number of unbranched alkanes of at least 4 members (excludes halogenated alkanes) is 13. The number of ether oxygens (including phenoxy) is 1. The van der Waals surface area contributed by atoms with Crippen LogP contribution in [0.25, 0.3) is 0 Å². The highest BCUT2D eigenvalue weighted by molar-refractivity contribution is 5.69. The number of rotatable bonds is 20. The molecule has 28 heavy (non-hydrogen) atoms. The van der Waals surface area contributed by atoms with Gasteiger partial charge in [0.2, 0.25) is 0 Å². The van der Waals surface area contributed by atoms with Crippen LogP contribution in [0.1, 0.15) is 117 Å². The number of carbonyl (C=O) groups is 1. The summed E-state index contributed by atoms with van der Waals surface area (Å²) in [5, 5.41) is 10.0. The van der Waals surface area contributed by atoms with E-state index in [4.69, 9.17) is 10.5 Å². The number of hydrogen-bond acceptors (Lipinski definition) is 4. The summed E-state index contributed by atoms with van der Waals surface area (Å²) >= 11 is 0. The number of aliphatic hydroxyl groups is 1. The van der Waals surface area contributed by atoms with Gasteiger partial charge < -0.3 is 15.6 Å². The fourth-order valence-electron chi connectivity index (χ4n) is 3.18. The van der Waals surface area contributed by atoms with E-state index >= 15 is 0 Å². The van der Waals surface area contributed by atoms with Gasteiger partial charge in [-0.1, -0.05) is 103 Å². The topological polar surface area (TPSA) is 72.6 Å². The van der Waals surface area contributed by atoms with Crippen molar-refractivity contribution in [3.05, 3.63) is 12.2 Å². The first-order chi connectivity index (χ1) is 13.6. The second kappa shape index (κ2) is 20.9. The van der Waals surface area contributed by atoms with Gasteiger partial charge in [0.25, 0.3) is 0 Å². The lowest BCUT2D eigenvalue weighted by atomic mass is 10.0. The third kappa shape index (κ3) is 18.5. The molecule has 0 aromatic heterocycles. The molecule has 0 aliphatic rings. The minimum Gasteiger partial charge on any atom is -0.464 e. The van der Waals surface area contributed by atoms with E-state index in [0.717, 1.165) is 32.1 Å². The average Bonchev–Trinajstić information content (AvgIpc) is 2.69. The fraction of sp³-hybridized carbons (Fsp3) is 0.875. The van der Waals surface area contributed by atoms with Crippen LogP contribution in [0.2, 0.25) is 0 Å². The fourth-order valence-corrected chi connectivity index (χ4v) is 3.18. The van der Waals surface area contributed by atoms with Crippen LogP contribution >= 0.6 is 0 Å². The summed E-state index contributed by atoms with van der Waals surface area (Å²) in [4.78, 5) is 11.6. The van der Waals surface area contributed by atoms with Crippen LogP contribution in [0.4, 0.5) is 0 Å². The Balaban J connectivity index is 3.51. The van der Waals surface area contributed by atoms with E-state index in [1.54, 1.807) is 6.08 Å². The second-order valence-corrected chi connectivity index (χ2v) is 8.05. The van der Waals surface area contributed by atoms with E-state index in [9.17, 15) is 9.90 Å². The molecule has 0 radical (unpaired) electrons. The predicted molar refractivity (Wildman–Crippen MR) is 119 cm³/mol.